The zero-order valence-electron chi connectivity index (χ0n) is 10.7. The first-order chi connectivity index (χ1) is 7.75. The lowest BCUT2D eigenvalue weighted by molar-refractivity contribution is -0.670. The zero-order valence-corrected chi connectivity index (χ0v) is 11.5. The van der Waals surface area contributed by atoms with Gasteiger partial charge in [-0.15, -0.1) is 0 Å². The van der Waals surface area contributed by atoms with Crippen molar-refractivity contribution in [3.63, 3.8) is 0 Å². The number of aryl methyl sites for hydroxylation is 1. The molecule has 0 spiro atoms. The van der Waals surface area contributed by atoms with Crippen LogP contribution in [0.3, 0.4) is 0 Å². The summed E-state index contributed by atoms with van der Waals surface area (Å²) in [6.45, 7) is 0. The van der Waals surface area contributed by atoms with Gasteiger partial charge in [-0.05, 0) is 11.6 Å². The second-order valence-electron chi connectivity index (χ2n) is 3.81. The molecule has 1 rings (SSSR count). The highest BCUT2D eigenvalue weighted by Gasteiger charge is 2.12. The van der Waals surface area contributed by atoms with E-state index in [4.69, 9.17) is 11.6 Å². The molecule has 0 aliphatic rings. The molecule has 0 unspecified atom stereocenters. The molecule has 2 amide bonds. The molecule has 0 N–H and O–H groups in total. The Bertz CT molecular complexity index is 387. The number of aromatic nitrogens is 2. The Hall–Kier alpha value is -1.56. The largest absolute Gasteiger partial charge is 0.415 e. The molecule has 0 atom stereocenters. The van der Waals surface area contributed by atoms with Crippen molar-refractivity contribution >= 4 is 23.0 Å². The van der Waals surface area contributed by atoms with Gasteiger partial charge in [-0.1, -0.05) is 0 Å². The standard InChI is InChI=1S/C7H12N3O.C3H6ClNO/c1-8(2)7(11)10-5-4-9(3)6-10;1-5(2)3(4)6/h4-6H,1-3H3;1-2H3/q+1;. The van der Waals surface area contributed by atoms with Gasteiger partial charge in [0.2, 0.25) is 0 Å². The number of hydrogen-bond acceptors (Lipinski definition) is 2. The normalized spacial score (nSPS) is 9.06. The van der Waals surface area contributed by atoms with Gasteiger partial charge in [0.25, 0.3) is 6.33 Å². The second kappa shape index (κ2) is 6.90. The molecule has 96 valence electrons. The minimum absolute atomic E-state index is 0.0365. The highest BCUT2D eigenvalue weighted by molar-refractivity contribution is 6.62. The van der Waals surface area contributed by atoms with E-state index in [1.807, 2.05) is 17.8 Å². The summed E-state index contributed by atoms with van der Waals surface area (Å²) in [5.41, 5.74) is 0. The van der Waals surface area contributed by atoms with E-state index >= 15 is 0 Å². The van der Waals surface area contributed by atoms with Crippen molar-refractivity contribution in [2.24, 2.45) is 7.05 Å². The van der Waals surface area contributed by atoms with Crippen molar-refractivity contribution in [3.8, 4) is 0 Å². The van der Waals surface area contributed by atoms with Gasteiger partial charge in [-0.3, -0.25) is 4.79 Å². The quantitative estimate of drug-likeness (QED) is 0.393. The lowest BCUT2D eigenvalue weighted by Crippen LogP contribution is -2.29. The number of imidazole rings is 1. The smallest absolute Gasteiger partial charge is 0.335 e. The van der Waals surface area contributed by atoms with Crippen LogP contribution < -0.4 is 4.57 Å². The van der Waals surface area contributed by atoms with Crippen LogP contribution in [0.2, 0.25) is 0 Å². The first-order valence-corrected chi connectivity index (χ1v) is 5.25. The molecule has 0 radical (unpaired) electrons. The summed E-state index contributed by atoms with van der Waals surface area (Å²) in [7, 11) is 8.51. The third-order valence-electron chi connectivity index (χ3n) is 1.72. The fourth-order valence-corrected chi connectivity index (χ4v) is 0.794. The van der Waals surface area contributed by atoms with Gasteiger partial charge in [0.15, 0.2) is 0 Å². The number of nitrogens with zero attached hydrogens (tertiary/aromatic N) is 4. The van der Waals surface area contributed by atoms with Crippen LogP contribution in [0.4, 0.5) is 9.59 Å². The molecule has 6 nitrogen and oxygen atoms in total. The second-order valence-corrected chi connectivity index (χ2v) is 4.13. The van der Waals surface area contributed by atoms with E-state index in [1.165, 1.54) is 14.4 Å². The van der Waals surface area contributed by atoms with Crippen LogP contribution in [0.1, 0.15) is 0 Å². The summed E-state index contributed by atoms with van der Waals surface area (Å²) in [5, 5.41) is -0.435. The van der Waals surface area contributed by atoms with Crippen LogP contribution in [0, 0.1) is 0 Å². The predicted octanol–water partition coefficient (Wildman–Crippen LogP) is 0.749. The van der Waals surface area contributed by atoms with Crippen molar-refractivity contribution in [2.45, 2.75) is 0 Å². The maximum Gasteiger partial charge on any atom is 0.415 e. The zero-order chi connectivity index (χ0) is 13.6. The molecular weight excluding hydrogens is 244 g/mol. The molecule has 7 heteroatoms. The molecular formula is C10H18ClN4O2+. The van der Waals surface area contributed by atoms with Crippen molar-refractivity contribution in [2.75, 3.05) is 28.2 Å². The van der Waals surface area contributed by atoms with E-state index in [-0.39, 0.29) is 6.03 Å². The molecule has 0 bridgehead atoms. The number of hydrogen-bond donors (Lipinski definition) is 0. The lowest BCUT2D eigenvalue weighted by Gasteiger charge is -2.03. The Morgan fingerprint density at radius 3 is 1.88 bits per heavy atom. The lowest BCUT2D eigenvalue weighted by atomic mass is 10.8. The number of amides is 2. The molecule has 17 heavy (non-hydrogen) atoms. The van der Waals surface area contributed by atoms with Gasteiger partial charge in [0, 0.05) is 28.2 Å². The first-order valence-electron chi connectivity index (χ1n) is 4.87. The molecule has 0 saturated carbocycles. The van der Waals surface area contributed by atoms with Crippen LogP contribution in [-0.2, 0) is 7.05 Å². The molecule has 0 aliphatic carbocycles. The van der Waals surface area contributed by atoms with Crippen molar-refractivity contribution in [3.05, 3.63) is 18.7 Å². The maximum atomic E-state index is 11.2. The van der Waals surface area contributed by atoms with Gasteiger partial charge in [0.1, 0.15) is 12.4 Å². The van der Waals surface area contributed by atoms with Crippen LogP contribution in [0.5, 0.6) is 0 Å². The Morgan fingerprint density at radius 1 is 1.18 bits per heavy atom. The molecule has 1 aromatic rings. The Kier molecular flexibility index (Phi) is 6.27. The third-order valence-corrected chi connectivity index (χ3v) is 2.06. The van der Waals surface area contributed by atoms with E-state index in [9.17, 15) is 9.59 Å². The summed E-state index contributed by atoms with van der Waals surface area (Å²) >= 11 is 4.90. The van der Waals surface area contributed by atoms with Gasteiger partial charge in [-0.25, -0.2) is 9.36 Å². The predicted molar refractivity (Wildman–Crippen MR) is 65.0 cm³/mol. The van der Waals surface area contributed by atoms with E-state index in [0.717, 1.165) is 0 Å². The highest BCUT2D eigenvalue weighted by atomic mass is 35.5. The van der Waals surface area contributed by atoms with Crippen molar-refractivity contribution in [1.82, 2.24) is 14.4 Å². The number of halogens is 1. The minimum Gasteiger partial charge on any atom is -0.335 e. The van der Waals surface area contributed by atoms with Gasteiger partial charge in [-0.2, -0.15) is 4.57 Å². The van der Waals surface area contributed by atoms with Gasteiger partial charge >= 0.3 is 11.4 Å². The average Bonchev–Trinajstić information content (AvgIpc) is 2.64. The topological polar surface area (TPSA) is 49.4 Å². The average molecular weight is 262 g/mol. The monoisotopic (exact) mass is 261 g/mol. The number of carbonyl (C=O) groups excluding carboxylic acids is 2. The van der Waals surface area contributed by atoms with E-state index in [0.29, 0.717) is 0 Å². The molecule has 0 saturated heterocycles. The van der Waals surface area contributed by atoms with Crippen LogP contribution in [0.15, 0.2) is 18.7 Å². The fourth-order valence-electron chi connectivity index (χ4n) is 0.794. The maximum absolute atomic E-state index is 11.2. The van der Waals surface area contributed by atoms with Crippen LogP contribution in [0.25, 0.3) is 0 Å². The van der Waals surface area contributed by atoms with E-state index < -0.39 is 5.37 Å². The molecule has 0 aromatic carbocycles. The highest BCUT2D eigenvalue weighted by Crippen LogP contribution is 1.87. The van der Waals surface area contributed by atoms with E-state index in [1.54, 1.807) is 40.7 Å². The van der Waals surface area contributed by atoms with Crippen molar-refractivity contribution in [1.29, 1.82) is 0 Å². The van der Waals surface area contributed by atoms with Gasteiger partial charge < -0.3 is 9.80 Å². The van der Waals surface area contributed by atoms with Crippen molar-refractivity contribution < 1.29 is 14.2 Å². The van der Waals surface area contributed by atoms with E-state index in [2.05, 4.69) is 0 Å². The van der Waals surface area contributed by atoms with Gasteiger partial charge in [0.05, 0.1) is 7.05 Å². The third kappa shape index (κ3) is 5.91. The summed E-state index contributed by atoms with van der Waals surface area (Å²) in [5.74, 6) is 0. The summed E-state index contributed by atoms with van der Waals surface area (Å²) in [6.07, 6.45) is 5.27. The molecule has 0 aliphatic heterocycles. The number of rotatable bonds is 0. The minimum atomic E-state index is -0.435. The summed E-state index contributed by atoms with van der Waals surface area (Å²) in [6, 6.07) is -0.0365. The molecule has 1 aromatic heterocycles. The fraction of sp³-hybridized carbons (Fsp3) is 0.500. The van der Waals surface area contributed by atoms with Crippen LogP contribution in [-0.4, -0.2) is 54.0 Å². The Balaban J connectivity index is 0.000000366. The molecule has 1 heterocycles. The number of carbonyl (C=O) groups is 2. The first kappa shape index (κ1) is 15.4. The molecule has 0 fully saturated rings. The Morgan fingerprint density at radius 2 is 1.65 bits per heavy atom. The summed E-state index contributed by atoms with van der Waals surface area (Å²) in [4.78, 5) is 23.9. The SMILES string of the molecule is CN(C)C(=O)Cl.CN(C)C(=O)n1cc[n+](C)c1. The summed E-state index contributed by atoms with van der Waals surface area (Å²) < 4.78 is 3.35. The Labute approximate surface area is 106 Å². The van der Waals surface area contributed by atoms with Crippen LogP contribution >= 0.6 is 11.6 Å².